The monoisotopic (exact) mass is 550 g/mol. The average molecular weight is 551 g/mol. The molecular formula is C28H26N2O8S. The largest absolute Gasteiger partial charge is 0.493 e. The summed E-state index contributed by atoms with van der Waals surface area (Å²) in [4.78, 5) is 54.7. The molecule has 3 aromatic rings. The lowest BCUT2D eigenvalue weighted by atomic mass is 9.95. The van der Waals surface area contributed by atoms with Gasteiger partial charge in [-0.3, -0.25) is 19.0 Å². The van der Waals surface area contributed by atoms with E-state index in [0.717, 1.165) is 11.3 Å². The first-order valence-electron chi connectivity index (χ1n) is 12.0. The van der Waals surface area contributed by atoms with Crippen LogP contribution in [0.5, 0.6) is 17.2 Å². The van der Waals surface area contributed by atoms with Crippen molar-refractivity contribution in [1.82, 2.24) is 4.57 Å². The number of esters is 3. The number of carbonyl (C=O) groups excluding carboxylic acids is 3. The van der Waals surface area contributed by atoms with Crippen LogP contribution in [0.2, 0.25) is 0 Å². The zero-order valence-electron chi connectivity index (χ0n) is 22.0. The highest BCUT2D eigenvalue weighted by molar-refractivity contribution is 7.07. The quantitative estimate of drug-likeness (QED) is 0.325. The first-order chi connectivity index (χ1) is 18.6. The Morgan fingerprint density at radius 3 is 2.46 bits per heavy atom. The van der Waals surface area contributed by atoms with Gasteiger partial charge in [-0.25, -0.2) is 9.79 Å². The molecule has 10 nitrogen and oxygen atoms in total. The van der Waals surface area contributed by atoms with E-state index in [1.807, 2.05) is 0 Å². The summed E-state index contributed by atoms with van der Waals surface area (Å²) in [6.45, 7) is 6.10. The number of carbonyl (C=O) groups is 3. The minimum Gasteiger partial charge on any atom is -0.493 e. The lowest BCUT2D eigenvalue weighted by Crippen LogP contribution is -2.40. The van der Waals surface area contributed by atoms with Crippen LogP contribution in [-0.4, -0.2) is 36.2 Å². The van der Waals surface area contributed by atoms with Crippen molar-refractivity contribution in [1.29, 1.82) is 0 Å². The highest BCUT2D eigenvalue weighted by Crippen LogP contribution is 2.36. The molecule has 2 aromatic carbocycles. The molecule has 0 N–H and O–H groups in total. The first kappa shape index (κ1) is 27.5. The minimum absolute atomic E-state index is 0.139. The molecular weight excluding hydrogens is 524 g/mol. The summed E-state index contributed by atoms with van der Waals surface area (Å²) >= 11 is 1.16. The number of nitrogens with zero attached hydrogens (tertiary/aromatic N) is 2. The van der Waals surface area contributed by atoms with E-state index >= 15 is 0 Å². The van der Waals surface area contributed by atoms with Crippen LogP contribution in [0.3, 0.4) is 0 Å². The summed E-state index contributed by atoms with van der Waals surface area (Å²) < 4.78 is 22.9. The molecule has 39 heavy (non-hydrogen) atoms. The van der Waals surface area contributed by atoms with Crippen molar-refractivity contribution in [3.05, 3.63) is 84.5 Å². The maximum Gasteiger partial charge on any atom is 0.338 e. The van der Waals surface area contributed by atoms with E-state index in [-0.39, 0.29) is 29.2 Å². The summed E-state index contributed by atoms with van der Waals surface area (Å²) in [7, 11) is 1.43. The van der Waals surface area contributed by atoms with Gasteiger partial charge in [0.1, 0.15) is 5.75 Å². The molecule has 0 saturated carbocycles. The van der Waals surface area contributed by atoms with E-state index in [9.17, 15) is 19.2 Å². The molecule has 1 aromatic heterocycles. The topological polar surface area (TPSA) is 122 Å². The number of hydrogen-bond acceptors (Lipinski definition) is 10. The van der Waals surface area contributed by atoms with E-state index < -0.39 is 23.9 Å². The molecule has 0 bridgehead atoms. The number of hydrogen-bond donors (Lipinski definition) is 0. The van der Waals surface area contributed by atoms with Crippen molar-refractivity contribution >= 4 is 35.3 Å². The smallest absolute Gasteiger partial charge is 0.338 e. The Balaban J connectivity index is 1.92. The van der Waals surface area contributed by atoms with Crippen molar-refractivity contribution < 1.29 is 33.3 Å². The highest BCUT2D eigenvalue weighted by Gasteiger charge is 2.34. The van der Waals surface area contributed by atoms with Gasteiger partial charge in [0.15, 0.2) is 16.3 Å². The van der Waals surface area contributed by atoms with Crippen LogP contribution in [0, 0.1) is 0 Å². The standard InChI is InChI=1S/C28H26N2O8S/c1-6-36-27(34)24-15(2)29-28-30(25(24)19-10-11-21(38-17(4)32)22(14-19)35-5)26(33)23(39-28)13-18-8-7-9-20(12-18)37-16(3)31/h7-14,25H,6H2,1-5H3. The van der Waals surface area contributed by atoms with Gasteiger partial charge in [0.25, 0.3) is 5.56 Å². The fraction of sp³-hybridized carbons (Fsp3) is 0.250. The fourth-order valence-corrected chi connectivity index (χ4v) is 5.23. The van der Waals surface area contributed by atoms with Gasteiger partial charge in [0, 0.05) is 13.8 Å². The normalized spacial score (nSPS) is 14.8. The lowest BCUT2D eigenvalue weighted by Gasteiger charge is -2.25. The Morgan fingerprint density at radius 1 is 1.05 bits per heavy atom. The molecule has 2 heterocycles. The Kier molecular flexibility index (Phi) is 8.10. The van der Waals surface area contributed by atoms with E-state index in [0.29, 0.717) is 31.9 Å². The molecule has 0 aliphatic carbocycles. The molecule has 0 spiro atoms. The number of fused-ring (bicyclic) bond motifs is 1. The summed E-state index contributed by atoms with van der Waals surface area (Å²) in [6, 6.07) is 10.7. The number of allylic oxidation sites excluding steroid dienone is 1. The van der Waals surface area contributed by atoms with Crippen LogP contribution in [0.15, 0.2) is 63.5 Å². The van der Waals surface area contributed by atoms with Gasteiger partial charge < -0.3 is 18.9 Å². The second-order valence-corrected chi connectivity index (χ2v) is 9.48. The molecule has 0 radical (unpaired) electrons. The third kappa shape index (κ3) is 5.83. The lowest BCUT2D eigenvalue weighted by molar-refractivity contribution is -0.139. The van der Waals surface area contributed by atoms with E-state index in [1.54, 1.807) is 62.4 Å². The number of benzene rings is 2. The van der Waals surface area contributed by atoms with Crippen LogP contribution >= 0.6 is 11.3 Å². The summed E-state index contributed by atoms with van der Waals surface area (Å²) in [5.74, 6) is -0.770. The Hall–Kier alpha value is -4.51. The summed E-state index contributed by atoms with van der Waals surface area (Å²) in [5.41, 5.74) is 1.41. The van der Waals surface area contributed by atoms with Gasteiger partial charge in [0.2, 0.25) is 0 Å². The molecule has 0 amide bonds. The summed E-state index contributed by atoms with van der Waals surface area (Å²) in [5, 5.41) is 0. The molecule has 1 aliphatic rings. The molecule has 202 valence electrons. The minimum atomic E-state index is -0.880. The fourth-order valence-electron chi connectivity index (χ4n) is 4.19. The van der Waals surface area contributed by atoms with Crippen LogP contribution in [0.25, 0.3) is 6.08 Å². The number of rotatable bonds is 7. The summed E-state index contributed by atoms with van der Waals surface area (Å²) in [6.07, 6.45) is 1.67. The molecule has 0 fully saturated rings. The first-order valence-corrected chi connectivity index (χ1v) is 12.8. The maximum atomic E-state index is 13.8. The molecule has 1 atom stereocenters. The Labute approximate surface area is 227 Å². The SMILES string of the molecule is CCOC(=O)C1=C(C)N=c2sc(=Cc3cccc(OC(C)=O)c3)c(=O)n2C1c1ccc(OC(C)=O)c(OC)c1. The number of thiazole rings is 1. The Morgan fingerprint density at radius 2 is 1.79 bits per heavy atom. The van der Waals surface area contributed by atoms with Crippen LogP contribution in [-0.2, 0) is 19.1 Å². The van der Waals surface area contributed by atoms with Crippen molar-refractivity contribution in [3.8, 4) is 17.2 Å². The van der Waals surface area contributed by atoms with Crippen LogP contribution < -0.4 is 29.1 Å². The predicted molar refractivity (Wildman–Crippen MR) is 142 cm³/mol. The molecule has 1 aliphatic heterocycles. The van der Waals surface area contributed by atoms with E-state index in [4.69, 9.17) is 18.9 Å². The molecule has 0 saturated heterocycles. The van der Waals surface area contributed by atoms with Gasteiger partial charge in [-0.15, -0.1) is 0 Å². The number of aromatic nitrogens is 1. The second-order valence-electron chi connectivity index (χ2n) is 8.47. The zero-order valence-corrected chi connectivity index (χ0v) is 22.8. The van der Waals surface area contributed by atoms with E-state index in [1.165, 1.54) is 25.5 Å². The molecule has 11 heteroatoms. The Bertz CT molecular complexity index is 1680. The van der Waals surface area contributed by atoms with Crippen molar-refractivity contribution in [2.24, 2.45) is 4.99 Å². The zero-order chi connectivity index (χ0) is 28.3. The van der Waals surface area contributed by atoms with Gasteiger partial charge in [-0.05, 0) is 55.3 Å². The van der Waals surface area contributed by atoms with Crippen molar-refractivity contribution in [2.45, 2.75) is 33.7 Å². The van der Waals surface area contributed by atoms with E-state index in [2.05, 4.69) is 4.99 Å². The molecule has 1 unspecified atom stereocenters. The van der Waals surface area contributed by atoms with Gasteiger partial charge in [-0.2, -0.15) is 0 Å². The third-order valence-corrected chi connectivity index (χ3v) is 6.67. The van der Waals surface area contributed by atoms with Gasteiger partial charge >= 0.3 is 17.9 Å². The van der Waals surface area contributed by atoms with Gasteiger partial charge in [-0.1, -0.05) is 29.5 Å². The predicted octanol–water partition coefficient (Wildman–Crippen LogP) is 2.66. The van der Waals surface area contributed by atoms with Crippen LogP contribution in [0.1, 0.15) is 44.9 Å². The number of methoxy groups -OCH3 is 1. The maximum absolute atomic E-state index is 13.8. The van der Waals surface area contributed by atoms with Crippen molar-refractivity contribution in [3.63, 3.8) is 0 Å². The third-order valence-electron chi connectivity index (χ3n) is 5.69. The highest BCUT2D eigenvalue weighted by atomic mass is 32.1. The second kappa shape index (κ2) is 11.5. The molecule has 4 rings (SSSR count). The van der Waals surface area contributed by atoms with Gasteiger partial charge in [0.05, 0.1) is 35.6 Å². The number of ether oxygens (including phenoxy) is 4. The van der Waals surface area contributed by atoms with Crippen LogP contribution in [0.4, 0.5) is 0 Å². The van der Waals surface area contributed by atoms with Crippen molar-refractivity contribution in [2.75, 3.05) is 13.7 Å². The average Bonchev–Trinajstić information content (AvgIpc) is 3.17.